The van der Waals surface area contributed by atoms with E-state index in [0.29, 0.717) is 11.4 Å². The molecular weight excluding hydrogens is 328 g/mol. The maximum absolute atomic E-state index is 11.9. The van der Waals surface area contributed by atoms with Gasteiger partial charge in [0.05, 0.1) is 6.61 Å². The van der Waals surface area contributed by atoms with Crippen LogP contribution in [-0.4, -0.2) is 43.6 Å². The predicted molar refractivity (Wildman–Crippen MR) is 90.2 cm³/mol. The first kappa shape index (κ1) is 18.2. The molecule has 0 radical (unpaired) electrons. The first-order valence-electron chi connectivity index (χ1n) is 7.82. The Balaban J connectivity index is 1.90. The van der Waals surface area contributed by atoms with E-state index in [-0.39, 0.29) is 25.4 Å². The van der Waals surface area contributed by atoms with Crippen LogP contribution in [0.2, 0.25) is 0 Å². The van der Waals surface area contributed by atoms with Gasteiger partial charge in [0.1, 0.15) is 6.04 Å². The molecule has 1 saturated heterocycles. The molecule has 5 amide bonds. The first-order valence-corrected chi connectivity index (χ1v) is 7.82. The Hall–Kier alpha value is -3.10. The van der Waals surface area contributed by atoms with Crippen molar-refractivity contribution in [3.8, 4) is 0 Å². The predicted octanol–water partition coefficient (Wildman–Crippen LogP) is 1.21. The Morgan fingerprint density at radius 3 is 2.56 bits per heavy atom. The zero-order valence-electron chi connectivity index (χ0n) is 14.0. The lowest BCUT2D eigenvalue weighted by Gasteiger charge is -2.22. The molecule has 0 aliphatic carbocycles. The maximum atomic E-state index is 11.9. The SMILES string of the molecule is CCOC(=O)N(C)c1ccc(NC(=O)NC2CCC(=O)NC2=O)cc1. The van der Waals surface area contributed by atoms with Crippen molar-refractivity contribution < 1.29 is 23.9 Å². The van der Waals surface area contributed by atoms with Gasteiger partial charge in [-0.05, 0) is 37.6 Å². The van der Waals surface area contributed by atoms with Gasteiger partial charge in [0.15, 0.2) is 0 Å². The fourth-order valence-electron chi connectivity index (χ4n) is 2.25. The van der Waals surface area contributed by atoms with Crippen LogP contribution >= 0.6 is 0 Å². The van der Waals surface area contributed by atoms with Crippen LogP contribution in [0.3, 0.4) is 0 Å². The highest BCUT2D eigenvalue weighted by Crippen LogP contribution is 2.17. The van der Waals surface area contributed by atoms with E-state index in [4.69, 9.17) is 4.74 Å². The molecule has 9 heteroatoms. The van der Waals surface area contributed by atoms with Gasteiger partial charge in [0.2, 0.25) is 11.8 Å². The first-order chi connectivity index (χ1) is 11.9. The summed E-state index contributed by atoms with van der Waals surface area (Å²) in [6, 6.07) is 5.24. The van der Waals surface area contributed by atoms with Gasteiger partial charge in [-0.25, -0.2) is 9.59 Å². The highest BCUT2D eigenvalue weighted by atomic mass is 16.6. The van der Waals surface area contributed by atoms with Crippen LogP contribution in [0.25, 0.3) is 0 Å². The minimum atomic E-state index is -0.744. The Labute approximate surface area is 144 Å². The molecular formula is C16H20N4O5. The van der Waals surface area contributed by atoms with Gasteiger partial charge in [-0.2, -0.15) is 0 Å². The second-order valence-electron chi connectivity index (χ2n) is 5.41. The molecule has 1 aromatic rings. The molecule has 9 nitrogen and oxygen atoms in total. The van der Waals surface area contributed by atoms with E-state index >= 15 is 0 Å². The number of hydrogen-bond acceptors (Lipinski definition) is 5. The lowest BCUT2D eigenvalue weighted by atomic mass is 10.1. The lowest BCUT2D eigenvalue weighted by molar-refractivity contribution is -0.134. The van der Waals surface area contributed by atoms with Crippen molar-refractivity contribution in [1.82, 2.24) is 10.6 Å². The molecule has 1 fully saturated rings. The summed E-state index contributed by atoms with van der Waals surface area (Å²) >= 11 is 0. The number of ether oxygens (including phenoxy) is 1. The van der Waals surface area contributed by atoms with Crippen molar-refractivity contribution in [2.75, 3.05) is 23.9 Å². The molecule has 1 aromatic carbocycles. The summed E-state index contributed by atoms with van der Waals surface area (Å²) in [4.78, 5) is 47.6. The normalized spacial score (nSPS) is 16.6. The van der Waals surface area contributed by atoms with Crippen LogP contribution in [0.1, 0.15) is 19.8 Å². The van der Waals surface area contributed by atoms with E-state index in [1.807, 2.05) is 0 Å². The monoisotopic (exact) mass is 348 g/mol. The van der Waals surface area contributed by atoms with E-state index in [2.05, 4.69) is 16.0 Å². The van der Waals surface area contributed by atoms with Gasteiger partial charge in [-0.1, -0.05) is 0 Å². The van der Waals surface area contributed by atoms with Gasteiger partial charge >= 0.3 is 12.1 Å². The number of urea groups is 1. The third-order valence-electron chi connectivity index (χ3n) is 3.60. The molecule has 0 spiro atoms. The minimum absolute atomic E-state index is 0.186. The fourth-order valence-corrected chi connectivity index (χ4v) is 2.25. The number of carbonyl (C=O) groups excluding carboxylic acids is 4. The molecule has 2 rings (SSSR count). The van der Waals surface area contributed by atoms with Crippen LogP contribution in [0, 0.1) is 0 Å². The molecule has 1 aliphatic heterocycles. The zero-order valence-corrected chi connectivity index (χ0v) is 14.0. The van der Waals surface area contributed by atoms with Crippen molar-refractivity contribution in [3.63, 3.8) is 0 Å². The van der Waals surface area contributed by atoms with Crippen molar-refractivity contribution in [3.05, 3.63) is 24.3 Å². The molecule has 1 heterocycles. The number of nitrogens with one attached hydrogen (secondary N) is 3. The Morgan fingerprint density at radius 1 is 1.28 bits per heavy atom. The van der Waals surface area contributed by atoms with E-state index < -0.39 is 24.1 Å². The number of nitrogens with zero attached hydrogens (tertiary/aromatic N) is 1. The van der Waals surface area contributed by atoms with Gasteiger partial charge in [-0.3, -0.25) is 19.8 Å². The highest BCUT2D eigenvalue weighted by Gasteiger charge is 2.27. The van der Waals surface area contributed by atoms with Crippen molar-refractivity contribution in [1.29, 1.82) is 0 Å². The second kappa shape index (κ2) is 8.13. The molecule has 0 saturated carbocycles. The van der Waals surface area contributed by atoms with Gasteiger partial charge in [0.25, 0.3) is 0 Å². The smallest absolute Gasteiger partial charge is 0.413 e. The lowest BCUT2D eigenvalue weighted by Crippen LogP contribution is -2.53. The van der Waals surface area contributed by atoms with Crippen molar-refractivity contribution in [2.45, 2.75) is 25.8 Å². The largest absolute Gasteiger partial charge is 0.449 e. The Bertz CT molecular complexity index is 674. The quantitative estimate of drug-likeness (QED) is 0.707. The summed E-state index contributed by atoms with van der Waals surface area (Å²) in [6.07, 6.45) is -0.0220. The molecule has 0 bridgehead atoms. The van der Waals surface area contributed by atoms with Crippen LogP contribution in [0.5, 0.6) is 0 Å². The van der Waals surface area contributed by atoms with Gasteiger partial charge in [0, 0.05) is 24.8 Å². The van der Waals surface area contributed by atoms with Gasteiger partial charge in [-0.15, -0.1) is 0 Å². The Morgan fingerprint density at radius 2 is 1.96 bits per heavy atom. The van der Waals surface area contributed by atoms with Crippen LogP contribution in [0.4, 0.5) is 21.0 Å². The molecule has 1 aliphatic rings. The molecule has 0 aromatic heterocycles. The molecule has 1 atom stereocenters. The zero-order chi connectivity index (χ0) is 18.4. The number of benzene rings is 1. The molecule has 3 N–H and O–H groups in total. The van der Waals surface area contributed by atoms with E-state index in [0.717, 1.165) is 0 Å². The summed E-state index contributed by atoms with van der Waals surface area (Å²) in [6.45, 7) is 2.00. The number of hydrogen-bond donors (Lipinski definition) is 3. The van der Waals surface area contributed by atoms with Crippen LogP contribution < -0.4 is 20.9 Å². The third kappa shape index (κ3) is 4.93. The molecule has 134 valence electrons. The van der Waals surface area contributed by atoms with E-state index in [9.17, 15) is 19.2 Å². The number of piperidine rings is 1. The Kier molecular flexibility index (Phi) is 5.93. The maximum Gasteiger partial charge on any atom is 0.413 e. The van der Waals surface area contributed by atoms with Crippen molar-refractivity contribution in [2.24, 2.45) is 0 Å². The van der Waals surface area contributed by atoms with E-state index in [1.54, 1.807) is 38.2 Å². The second-order valence-corrected chi connectivity index (χ2v) is 5.41. The summed E-state index contributed by atoms with van der Waals surface area (Å²) in [5, 5.41) is 7.27. The average molecular weight is 348 g/mol. The number of carbonyl (C=O) groups is 4. The third-order valence-corrected chi connectivity index (χ3v) is 3.60. The standard InChI is InChI=1S/C16H20N4O5/c1-3-25-16(24)20(2)11-6-4-10(5-7-11)17-15(23)18-12-8-9-13(21)19-14(12)22/h4-7,12H,3,8-9H2,1-2H3,(H2,17,18,23)(H,19,21,22). The summed E-state index contributed by atoms with van der Waals surface area (Å²) in [7, 11) is 1.58. The van der Waals surface area contributed by atoms with Crippen LogP contribution in [-0.2, 0) is 14.3 Å². The van der Waals surface area contributed by atoms with Crippen LogP contribution in [0.15, 0.2) is 24.3 Å². The number of amides is 5. The number of anilines is 2. The molecule has 1 unspecified atom stereocenters. The molecule has 25 heavy (non-hydrogen) atoms. The van der Waals surface area contributed by atoms with Crippen molar-refractivity contribution >= 4 is 35.3 Å². The number of imide groups is 1. The topological polar surface area (TPSA) is 117 Å². The highest BCUT2D eigenvalue weighted by molar-refractivity contribution is 6.02. The fraction of sp³-hybridized carbons (Fsp3) is 0.375. The van der Waals surface area contributed by atoms with E-state index in [1.165, 1.54) is 4.90 Å². The summed E-state index contributed by atoms with van der Waals surface area (Å²) < 4.78 is 4.90. The summed E-state index contributed by atoms with van der Waals surface area (Å²) in [5.74, 6) is -0.859. The summed E-state index contributed by atoms with van der Waals surface area (Å²) in [5.41, 5.74) is 1.10. The number of rotatable bonds is 4. The minimum Gasteiger partial charge on any atom is -0.449 e. The average Bonchev–Trinajstić information content (AvgIpc) is 2.57. The van der Waals surface area contributed by atoms with Gasteiger partial charge < -0.3 is 15.4 Å².